The Bertz CT molecular complexity index is 1430. The summed E-state index contributed by atoms with van der Waals surface area (Å²) in [7, 11) is 0. The van der Waals surface area contributed by atoms with Crippen molar-refractivity contribution in [3.63, 3.8) is 0 Å². The Balaban J connectivity index is 1.50. The molecular formula is C32H40O16. The second kappa shape index (κ2) is 16.4. The number of aromatic hydroxyl groups is 4. The van der Waals surface area contributed by atoms with Crippen LogP contribution in [0.25, 0.3) is 6.08 Å². The van der Waals surface area contributed by atoms with Crippen LogP contribution in [0.4, 0.5) is 0 Å². The van der Waals surface area contributed by atoms with E-state index in [0.717, 1.165) is 13.0 Å². The lowest BCUT2D eigenvalue weighted by Crippen LogP contribution is -2.63. The number of phenols is 4. The molecule has 0 bridgehead atoms. The first-order valence-corrected chi connectivity index (χ1v) is 15.1. The Labute approximate surface area is 274 Å². The van der Waals surface area contributed by atoms with Gasteiger partial charge >= 0.3 is 11.9 Å². The number of hydrogen-bond acceptors (Lipinski definition) is 16. The van der Waals surface area contributed by atoms with Gasteiger partial charge in [0.1, 0.15) is 49.3 Å². The summed E-state index contributed by atoms with van der Waals surface area (Å²) in [6, 6.07) is 8.08. The zero-order valence-corrected chi connectivity index (χ0v) is 26.1. The number of carbonyl (C=O) groups is 2. The minimum absolute atomic E-state index is 0.0732. The van der Waals surface area contributed by atoms with Crippen LogP contribution in [0.1, 0.15) is 25.0 Å². The van der Waals surface area contributed by atoms with Gasteiger partial charge in [0.15, 0.2) is 35.4 Å². The topological polar surface area (TPSA) is 251 Å². The molecule has 0 spiro atoms. The third-order valence-electron chi connectivity index (χ3n) is 7.84. The molecule has 2 aliphatic rings. The van der Waals surface area contributed by atoms with Crippen LogP contribution in [-0.2, 0) is 44.4 Å². The summed E-state index contributed by atoms with van der Waals surface area (Å²) in [5, 5.41) is 80.5. The van der Waals surface area contributed by atoms with Crippen LogP contribution in [0.15, 0.2) is 42.5 Å². The average molecular weight is 681 g/mol. The van der Waals surface area contributed by atoms with Gasteiger partial charge in [0.25, 0.3) is 0 Å². The average Bonchev–Trinajstić information content (AvgIpc) is 3.04. The van der Waals surface area contributed by atoms with Crippen molar-refractivity contribution in [3.8, 4) is 23.0 Å². The molecule has 16 heteroatoms. The van der Waals surface area contributed by atoms with Crippen LogP contribution < -0.4 is 0 Å². The predicted octanol–water partition coefficient (Wildman–Crippen LogP) is -0.403. The molecule has 2 heterocycles. The van der Waals surface area contributed by atoms with Crippen molar-refractivity contribution in [2.24, 2.45) is 0 Å². The van der Waals surface area contributed by atoms with Crippen molar-refractivity contribution < 1.29 is 78.9 Å². The van der Waals surface area contributed by atoms with Crippen molar-refractivity contribution in [2.45, 2.75) is 81.5 Å². The lowest BCUT2D eigenvalue weighted by atomic mass is 9.95. The van der Waals surface area contributed by atoms with Crippen LogP contribution in [-0.4, -0.2) is 134 Å². The summed E-state index contributed by atoms with van der Waals surface area (Å²) in [6.07, 6.45) is -11.0. The second-order valence-corrected chi connectivity index (χ2v) is 11.4. The van der Waals surface area contributed by atoms with Crippen LogP contribution in [0, 0.1) is 0 Å². The molecule has 0 radical (unpaired) electrons. The van der Waals surface area contributed by atoms with Crippen molar-refractivity contribution in [3.05, 3.63) is 53.6 Å². The fourth-order valence-corrected chi connectivity index (χ4v) is 5.19. The first-order valence-electron chi connectivity index (χ1n) is 15.1. The molecule has 2 fully saturated rings. The molecular weight excluding hydrogens is 640 g/mol. The minimum Gasteiger partial charge on any atom is -0.504 e. The number of hydrogen-bond donors (Lipinski definition) is 8. The molecule has 0 aromatic heterocycles. The second-order valence-electron chi connectivity index (χ2n) is 11.4. The Morgan fingerprint density at radius 2 is 1.44 bits per heavy atom. The van der Waals surface area contributed by atoms with Gasteiger partial charge in [0.05, 0.1) is 19.3 Å². The first kappa shape index (κ1) is 36.8. The van der Waals surface area contributed by atoms with E-state index >= 15 is 0 Å². The molecule has 2 saturated heterocycles. The number of aliphatic hydroxyl groups is 4. The van der Waals surface area contributed by atoms with Crippen LogP contribution in [0.2, 0.25) is 0 Å². The fourth-order valence-electron chi connectivity index (χ4n) is 5.19. The largest absolute Gasteiger partial charge is 0.504 e. The monoisotopic (exact) mass is 680 g/mol. The maximum atomic E-state index is 12.5. The van der Waals surface area contributed by atoms with Crippen molar-refractivity contribution >= 4 is 18.0 Å². The predicted molar refractivity (Wildman–Crippen MR) is 162 cm³/mol. The van der Waals surface area contributed by atoms with E-state index in [4.69, 9.17) is 28.4 Å². The third kappa shape index (κ3) is 9.33. The number of benzene rings is 2. The summed E-state index contributed by atoms with van der Waals surface area (Å²) in [6.45, 7) is 1.55. The van der Waals surface area contributed by atoms with Gasteiger partial charge in [0.2, 0.25) is 0 Å². The summed E-state index contributed by atoms with van der Waals surface area (Å²) >= 11 is 0. The molecule has 8 N–H and O–H groups in total. The molecule has 16 nitrogen and oxygen atoms in total. The summed E-state index contributed by atoms with van der Waals surface area (Å²) in [4.78, 5) is 24.6. The summed E-state index contributed by atoms with van der Waals surface area (Å²) in [5.74, 6) is -3.02. The van der Waals surface area contributed by atoms with Gasteiger partial charge in [0, 0.05) is 13.0 Å². The maximum Gasteiger partial charge on any atom is 0.330 e. The van der Waals surface area contributed by atoms with Crippen LogP contribution in [0.5, 0.6) is 23.0 Å². The first-order chi connectivity index (χ1) is 22.7. The van der Waals surface area contributed by atoms with Gasteiger partial charge in [-0.2, -0.15) is 0 Å². The molecule has 2 aliphatic heterocycles. The smallest absolute Gasteiger partial charge is 0.330 e. The number of esters is 2. The van der Waals surface area contributed by atoms with E-state index in [1.54, 1.807) is 6.07 Å². The quantitative estimate of drug-likeness (QED) is 0.0806. The summed E-state index contributed by atoms with van der Waals surface area (Å²) in [5.41, 5.74) is 0.957. The SMILES string of the molecule is CC(=O)O[C@H]1[C@H](OCCc2ccc(O)c(O)c2)O[C@H](COC(=O)/C=C/c2ccc(O)c(O)c2)[C@@H](O)[C@@H]1OC[C@@H]1O[C@@H](C)[C@H](O)[C@@H](O)[C@H]1O. The number of aliphatic hydroxyl groups excluding tert-OH is 4. The standard InChI is InChI=1S/C32H40O16/c1-15-26(39)29(42)27(40)23(46-15)14-45-30-28(41)24(13-44-25(38)8-5-17-3-6-19(34)21(36)11-17)48-32(31(30)47-16(2)33)43-10-9-18-4-7-20(35)22(37)12-18/h3-8,11-12,15,23-24,26-32,34-37,39-42H,9-10,13-14H2,1-2H3/b8-5+/t15-,23-,24+,26-,27-,28+,29+,30-,31+,32+/m0/s1. The minimum atomic E-state index is -1.61. The van der Waals surface area contributed by atoms with E-state index in [1.165, 1.54) is 43.3 Å². The Morgan fingerprint density at radius 1 is 0.771 bits per heavy atom. The van der Waals surface area contributed by atoms with E-state index < -0.39 is 92.1 Å². The van der Waals surface area contributed by atoms with Crippen molar-refractivity contribution in [1.29, 1.82) is 0 Å². The van der Waals surface area contributed by atoms with E-state index in [2.05, 4.69) is 0 Å². The van der Waals surface area contributed by atoms with Gasteiger partial charge in [-0.3, -0.25) is 4.79 Å². The van der Waals surface area contributed by atoms with Crippen molar-refractivity contribution in [1.82, 2.24) is 0 Å². The molecule has 2 aromatic carbocycles. The molecule has 264 valence electrons. The normalized spacial score (nSPS) is 30.6. The molecule has 0 aliphatic carbocycles. The van der Waals surface area contributed by atoms with Gasteiger partial charge in [-0.25, -0.2) is 4.79 Å². The van der Waals surface area contributed by atoms with Gasteiger partial charge < -0.3 is 69.3 Å². The Hall–Kier alpha value is -4.00. The molecule has 0 saturated carbocycles. The number of phenolic OH excluding ortho intramolecular Hbond substituents is 4. The zero-order chi connectivity index (χ0) is 35.1. The molecule has 4 rings (SSSR count). The molecule has 48 heavy (non-hydrogen) atoms. The van der Waals surface area contributed by atoms with E-state index in [-0.39, 0.29) is 30.3 Å². The lowest BCUT2D eigenvalue weighted by molar-refractivity contribution is -0.316. The Morgan fingerprint density at radius 3 is 2.10 bits per heavy atom. The fraction of sp³-hybridized carbons (Fsp3) is 0.500. The Kier molecular flexibility index (Phi) is 12.6. The van der Waals surface area contributed by atoms with Gasteiger partial charge in [-0.15, -0.1) is 0 Å². The zero-order valence-electron chi connectivity index (χ0n) is 26.1. The molecule has 0 unspecified atom stereocenters. The highest BCUT2D eigenvalue weighted by molar-refractivity contribution is 5.87. The van der Waals surface area contributed by atoms with Crippen molar-refractivity contribution in [2.75, 3.05) is 19.8 Å². The number of ether oxygens (including phenoxy) is 6. The van der Waals surface area contributed by atoms with Gasteiger partial charge in [-0.05, 0) is 54.8 Å². The molecule has 0 amide bonds. The van der Waals surface area contributed by atoms with Crippen LogP contribution in [0.3, 0.4) is 0 Å². The summed E-state index contributed by atoms with van der Waals surface area (Å²) < 4.78 is 34.0. The lowest BCUT2D eigenvalue weighted by Gasteiger charge is -2.44. The van der Waals surface area contributed by atoms with Crippen LogP contribution >= 0.6 is 0 Å². The maximum absolute atomic E-state index is 12.5. The molecule has 2 aromatic rings. The highest BCUT2D eigenvalue weighted by Gasteiger charge is 2.50. The highest BCUT2D eigenvalue weighted by atomic mass is 16.7. The number of rotatable bonds is 12. The molecule has 10 atom stereocenters. The highest BCUT2D eigenvalue weighted by Crippen LogP contribution is 2.30. The van der Waals surface area contributed by atoms with E-state index in [9.17, 15) is 50.4 Å². The van der Waals surface area contributed by atoms with E-state index in [1.807, 2.05) is 0 Å². The number of carbonyl (C=O) groups excluding carboxylic acids is 2. The van der Waals surface area contributed by atoms with E-state index in [0.29, 0.717) is 11.1 Å². The van der Waals surface area contributed by atoms with Gasteiger partial charge in [-0.1, -0.05) is 12.1 Å². The third-order valence-corrected chi connectivity index (χ3v) is 7.84.